The molecule has 0 unspecified atom stereocenters. The summed E-state index contributed by atoms with van der Waals surface area (Å²) in [5.41, 5.74) is 0.267. The minimum Gasteiger partial charge on any atom is -0.297 e. The van der Waals surface area contributed by atoms with Gasteiger partial charge < -0.3 is 0 Å². The van der Waals surface area contributed by atoms with Gasteiger partial charge in [-0.15, -0.1) is 0 Å². The maximum atomic E-state index is 12.1. The van der Waals surface area contributed by atoms with Gasteiger partial charge in [-0.25, -0.2) is 4.79 Å². The first kappa shape index (κ1) is 12.6. The van der Waals surface area contributed by atoms with E-state index in [0.29, 0.717) is 10.9 Å². The maximum absolute atomic E-state index is 12.1. The van der Waals surface area contributed by atoms with Crippen molar-refractivity contribution in [2.45, 2.75) is 43.5 Å². The number of rotatable bonds is 2. The molecule has 0 aliphatic heterocycles. The lowest BCUT2D eigenvalue weighted by atomic mass is 9.95. The molecule has 0 amide bonds. The van der Waals surface area contributed by atoms with Crippen LogP contribution in [-0.2, 0) is 12.4 Å². The lowest BCUT2D eigenvalue weighted by Crippen LogP contribution is -2.41. The Hall–Kier alpha value is -0.840. The third kappa shape index (κ3) is 2.39. The average Bonchev–Trinajstić information content (AvgIpc) is 2.37. The highest BCUT2D eigenvalue weighted by atomic mass is 79.9. The van der Waals surface area contributed by atoms with Gasteiger partial charge in [0.15, 0.2) is 0 Å². The fraction of sp³-hybridized carbons (Fsp3) is 0.667. The summed E-state index contributed by atoms with van der Waals surface area (Å²) in [6.45, 7) is 0. The molecule has 1 fully saturated rings. The van der Waals surface area contributed by atoms with E-state index in [2.05, 4.69) is 15.9 Å². The smallest absolute Gasteiger partial charge is 0.297 e. The predicted molar refractivity (Wildman–Crippen MR) is 70.7 cm³/mol. The summed E-state index contributed by atoms with van der Waals surface area (Å²) < 4.78 is 2.96. The number of hydrogen-bond acceptors (Lipinski definition) is 2. The zero-order valence-corrected chi connectivity index (χ0v) is 11.6. The molecule has 0 spiro atoms. The number of alkyl halides is 1. The van der Waals surface area contributed by atoms with Crippen molar-refractivity contribution >= 4 is 15.9 Å². The summed E-state index contributed by atoms with van der Waals surface area (Å²) in [6.07, 6.45) is 7.41. The summed E-state index contributed by atoms with van der Waals surface area (Å²) in [4.78, 5) is 23.8. The van der Waals surface area contributed by atoms with Gasteiger partial charge in [-0.3, -0.25) is 13.9 Å². The Labute approximate surface area is 108 Å². The van der Waals surface area contributed by atoms with Crippen LogP contribution in [-0.4, -0.2) is 9.13 Å². The van der Waals surface area contributed by atoms with Crippen molar-refractivity contribution < 1.29 is 0 Å². The second-order valence-electron chi connectivity index (χ2n) is 4.63. The van der Waals surface area contributed by atoms with Crippen molar-refractivity contribution in [3.8, 4) is 0 Å². The topological polar surface area (TPSA) is 44.0 Å². The quantitative estimate of drug-likeness (QED) is 0.784. The first-order valence-electron chi connectivity index (χ1n) is 6.02. The van der Waals surface area contributed by atoms with Crippen LogP contribution in [0.4, 0.5) is 0 Å². The van der Waals surface area contributed by atoms with Gasteiger partial charge in [0, 0.05) is 30.2 Å². The molecule has 0 radical (unpaired) electrons. The molecule has 0 aromatic carbocycles. The summed E-state index contributed by atoms with van der Waals surface area (Å²) >= 11 is 3.30. The molecule has 5 heteroatoms. The molecule has 1 aromatic rings. The second kappa shape index (κ2) is 5.21. The summed E-state index contributed by atoms with van der Waals surface area (Å²) in [5.74, 6) is 0. The van der Waals surface area contributed by atoms with Crippen LogP contribution >= 0.6 is 15.9 Å². The molecule has 1 aromatic heterocycles. The zero-order valence-electron chi connectivity index (χ0n) is 9.99. The van der Waals surface area contributed by atoms with E-state index in [-0.39, 0.29) is 17.3 Å². The highest BCUT2D eigenvalue weighted by Crippen LogP contribution is 2.26. The Morgan fingerprint density at radius 3 is 2.53 bits per heavy atom. The van der Waals surface area contributed by atoms with Gasteiger partial charge in [-0.1, -0.05) is 35.2 Å². The fourth-order valence-electron chi connectivity index (χ4n) is 2.47. The van der Waals surface area contributed by atoms with Gasteiger partial charge in [0.2, 0.25) is 0 Å². The highest BCUT2D eigenvalue weighted by Gasteiger charge is 2.18. The Morgan fingerprint density at radius 2 is 1.94 bits per heavy atom. The predicted octanol–water partition coefficient (Wildman–Crippen LogP) is 1.95. The third-order valence-corrected chi connectivity index (χ3v) is 4.10. The number of hydrogen-bond donors (Lipinski definition) is 0. The van der Waals surface area contributed by atoms with Crippen LogP contribution in [0.3, 0.4) is 0 Å². The Morgan fingerprint density at radius 1 is 1.29 bits per heavy atom. The van der Waals surface area contributed by atoms with Crippen molar-refractivity contribution in [1.82, 2.24) is 9.13 Å². The van der Waals surface area contributed by atoms with Crippen molar-refractivity contribution in [3.05, 3.63) is 32.6 Å². The molecule has 0 bridgehead atoms. The standard InChI is InChI=1S/C12H17BrN2O2/c1-14-11(16)9(7-13)8-15(12(14)17)10-5-3-2-4-6-10/h8,10H,2-7H2,1H3. The first-order chi connectivity index (χ1) is 8.15. The fourth-order valence-corrected chi connectivity index (χ4v) is 2.85. The molecule has 17 heavy (non-hydrogen) atoms. The van der Waals surface area contributed by atoms with Gasteiger partial charge >= 0.3 is 5.69 Å². The van der Waals surface area contributed by atoms with Crippen LogP contribution in [0.25, 0.3) is 0 Å². The normalized spacial score (nSPS) is 17.3. The minimum atomic E-state index is -0.195. The van der Waals surface area contributed by atoms with Gasteiger partial charge in [0.05, 0.1) is 0 Å². The summed E-state index contributed by atoms with van der Waals surface area (Å²) in [6, 6.07) is 0.265. The van der Waals surface area contributed by atoms with Gasteiger partial charge in [0.1, 0.15) is 0 Å². The third-order valence-electron chi connectivity index (χ3n) is 3.49. The molecule has 4 nitrogen and oxygen atoms in total. The van der Waals surface area contributed by atoms with Crippen molar-refractivity contribution in [2.75, 3.05) is 0 Å². The van der Waals surface area contributed by atoms with Crippen molar-refractivity contribution in [3.63, 3.8) is 0 Å². The van der Waals surface area contributed by atoms with E-state index in [0.717, 1.165) is 12.8 Å². The minimum absolute atomic E-state index is 0.188. The zero-order chi connectivity index (χ0) is 12.4. The van der Waals surface area contributed by atoms with E-state index < -0.39 is 0 Å². The molecule has 0 saturated heterocycles. The average molecular weight is 301 g/mol. The molecule has 2 rings (SSSR count). The van der Waals surface area contributed by atoms with Gasteiger partial charge in [-0.2, -0.15) is 0 Å². The van der Waals surface area contributed by atoms with Gasteiger partial charge in [0.25, 0.3) is 5.56 Å². The maximum Gasteiger partial charge on any atom is 0.330 e. The molecule has 1 heterocycles. The van der Waals surface area contributed by atoms with Crippen LogP contribution < -0.4 is 11.2 Å². The Kier molecular flexibility index (Phi) is 3.86. The number of nitrogens with zero attached hydrogens (tertiary/aromatic N) is 2. The largest absolute Gasteiger partial charge is 0.330 e. The lowest BCUT2D eigenvalue weighted by Gasteiger charge is -2.24. The number of halogens is 1. The monoisotopic (exact) mass is 300 g/mol. The van der Waals surface area contributed by atoms with E-state index in [4.69, 9.17) is 0 Å². The van der Waals surface area contributed by atoms with Crippen LogP contribution in [0, 0.1) is 0 Å². The van der Waals surface area contributed by atoms with Gasteiger partial charge in [-0.05, 0) is 12.8 Å². The molecular weight excluding hydrogens is 284 g/mol. The van der Waals surface area contributed by atoms with E-state index in [9.17, 15) is 9.59 Å². The van der Waals surface area contributed by atoms with E-state index in [1.165, 1.54) is 23.8 Å². The summed E-state index contributed by atoms with van der Waals surface area (Å²) in [7, 11) is 1.55. The van der Waals surface area contributed by atoms with E-state index >= 15 is 0 Å². The van der Waals surface area contributed by atoms with Crippen LogP contribution in [0.5, 0.6) is 0 Å². The highest BCUT2D eigenvalue weighted by molar-refractivity contribution is 9.08. The SMILES string of the molecule is Cn1c(=O)c(CBr)cn(C2CCCCC2)c1=O. The number of aromatic nitrogens is 2. The van der Waals surface area contributed by atoms with Crippen molar-refractivity contribution in [1.29, 1.82) is 0 Å². The van der Waals surface area contributed by atoms with E-state index in [1.54, 1.807) is 17.8 Å². The van der Waals surface area contributed by atoms with Crippen molar-refractivity contribution in [2.24, 2.45) is 7.05 Å². The molecule has 0 atom stereocenters. The lowest BCUT2D eigenvalue weighted by molar-refractivity contribution is 0.336. The molecule has 0 N–H and O–H groups in total. The Balaban J connectivity index is 2.49. The summed E-state index contributed by atoms with van der Waals surface area (Å²) in [5, 5.41) is 0.493. The molecule has 1 aliphatic carbocycles. The first-order valence-corrected chi connectivity index (χ1v) is 7.14. The molecule has 1 saturated carbocycles. The van der Waals surface area contributed by atoms with E-state index in [1.807, 2.05) is 0 Å². The Bertz CT molecular complexity index is 512. The molecule has 1 aliphatic rings. The van der Waals surface area contributed by atoms with Crippen LogP contribution in [0.1, 0.15) is 43.7 Å². The second-order valence-corrected chi connectivity index (χ2v) is 5.19. The molecule has 94 valence electrons. The van der Waals surface area contributed by atoms with Crippen LogP contribution in [0.15, 0.2) is 15.8 Å². The van der Waals surface area contributed by atoms with Crippen LogP contribution in [0.2, 0.25) is 0 Å². The molecular formula is C12H17BrN2O2.